The Kier molecular flexibility index (Phi) is 18.9. The van der Waals surface area contributed by atoms with Crippen molar-refractivity contribution in [3.63, 3.8) is 0 Å². The highest BCUT2D eigenvalue weighted by Crippen LogP contribution is 2.11. The van der Waals surface area contributed by atoms with E-state index in [1.165, 1.54) is 11.8 Å². The van der Waals surface area contributed by atoms with Crippen LogP contribution in [0.5, 0.6) is 0 Å². The zero-order chi connectivity index (χ0) is 18.1. The molecule has 8 heteroatoms. The Balaban J connectivity index is 0. The van der Waals surface area contributed by atoms with E-state index in [2.05, 4.69) is 4.90 Å². The molecule has 0 saturated heterocycles. The molecule has 3 N–H and O–H groups in total. The number of nitrogens with zero attached hydrogens (tertiary/aromatic N) is 1. The van der Waals surface area contributed by atoms with Crippen molar-refractivity contribution in [1.82, 2.24) is 4.90 Å². The highest BCUT2D eigenvalue weighted by molar-refractivity contribution is 8.13. The summed E-state index contributed by atoms with van der Waals surface area (Å²) in [7, 11) is 4.96. The number of ether oxygens (including phenoxy) is 1. The minimum atomic E-state index is -0.829. The van der Waals surface area contributed by atoms with Gasteiger partial charge in [-0.3, -0.25) is 9.59 Å². The fraction of sp³-hybridized carbons (Fsp3) is 0.867. The van der Waals surface area contributed by atoms with Crippen molar-refractivity contribution in [3.05, 3.63) is 0 Å². The zero-order valence-electron chi connectivity index (χ0n) is 14.4. The maximum Gasteiger partial charge on any atom is 0.306 e. The van der Waals surface area contributed by atoms with Crippen LogP contribution in [-0.2, 0) is 14.3 Å². The van der Waals surface area contributed by atoms with E-state index in [0.29, 0.717) is 18.6 Å². The van der Waals surface area contributed by atoms with Crippen LogP contribution in [0.3, 0.4) is 0 Å². The molecule has 0 radical (unpaired) electrons. The van der Waals surface area contributed by atoms with Crippen LogP contribution in [0, 0.1) is 0 Å². The topological polar surface area (TPSA) is 107 Å². The summed E-state index contributed by atoms with van der Waals surface area (Å²) in [5.41, 5.74) is 0. The average molecular weight is 353 g/mol. The first-order chi connectivity index (χ1) is 11.0. The highest BCUT2D eigenvalue weighted by Gasteiger charge is 2.12. The predicted octanol–water partition coefficient (Wildman–Crippen LogP) is 0.263. The molecule has 0 saturated carbocycles. The Morgan fingerprint density at radius 2 is 1.65 bits per heavy atom. The van der Waals surface area contributed by atoms with E-state index >= 15 is 0 Å². The van der Waals surface area contributed by atoms with Crippen LogP contribution in [-0.4, -0.2) is 84.1 Å². The number of rotatable bonds is 12. The summed E-state index contributed by atoms with van der Waals surface area (Å²) in [4.78, 5) is 24.9. The first-order valence-corrected chi connectivity index (χ1v) is 8.64. The molecule has 0 aromatic carbocycles. The largest absolute Gasteiger partial charge is 0.457 e. The molecule has 0 bridgehead atoms. The summed E-state index contributed by atoms with van der Waals surface area (Å²) in [6, 6.07) is 0. The van der Waals surface area contributed by atoms with Crippen LogP contribution in [0.1, 0.15) is 32.1 Å². The third kappa shape index (κ3) is 17.5. The predicted molar refractivity (Wildman–Crippen MR) is 91.3 cm³/mol. The second-order valence-electron chi connectivity index (χ2n) is 5.06. The van der Waals surface area contributed by atoms with Crippen molar-refractivity contribution in [3.8, 4) is 0 Å². The van der Waals surface area contributed by atoms with E-state index in [1.54, 1.807) is 0 Å². The molecular weight excluding hydrogens is 322 g/mol. The minimum Gasteiger partial charge on any atom is -0.457 e. The molecule has 0 amide bonds. The zero-order valence-corrected chi connectivity index (χ0v) is 15.2. The van der Waals surface area contributed by atoms with Crippen LogP contribution in [0.2, 0.25) is 0 Å². The van der Waals surface area contributed by atoms with Crippen LogP contribution < -0.4 is 0 Å². The van der Waals surface area contributed by atoms with Gasteiger partial charge in [-0.1, -0.05) is 11.8 Å². The van der Waals surface area contributed by atoms with E-state index < -0.39 is 12.1 Å². The third-order valence-corrected chi connectivity index (χ3v) is 3.75. The molecule has 0 atom stereocenters. The maximum atomic E-state index is 11.5. The van der Waals surface area contributed by atoms with Crippen LogP contribution in [0.15, 0.2) is 0 Å². The fourth-order valence-corrected chi connectivity index (χ4v) is 2.41. The van der Waals surface area contributed by atoms with Crippen molar-refractivity contribution < 1.29 is 29.6 Å². The standard InChI is InChI=1S/C14H27NO5S.CH4O/c1-15(2)8-5-7-14(19)21-9-4-3-6-13(18)20-12(10-16)11-17;1-2/h12,16-17H,3-11H2,1-2H3;2H,1H3. The van der Waals surface area contributed by atoms with Gasteiger partial charge in [0.2, 0.25) is 0 Å². The quantitative estimate of drug-likeness (QED) is 0.339. The minimum absolute atomic E-state index is 0.194. The summed E-state index contributed by atoms with van der Waals surface area (Å²) in [6.07, 6.45) is 2.27. The third-order valence-electron chi connectivity index (χ3n) is 2.73. The molecule has 0 aliphatic rings. The normalized spacial score (nSPS) is 10.4. The second-order valence-corrected chi connectivity index (χ2v) is 6.21. The van der Waals surface area contributed by atoms with Gasteiger partial charge in [-0.25, -0.2) is 0 Å². The molecule has 138 valence electrons. The summed E-state index contributed by atoms with van der Waals surface area (Å²) in [5, 5.41) is 24.7. The number of thioether (sulfide) groups is 1. The van der Waals surface area contributed by atoms with Gasteiger partial charge in [-0.2, -0.15) is 0 Å². The van der Waals surface area contributed by atoms with E-state index in [-0.39, 0.29) is 24.7 Å². The molecule has 0 aromatic rings. The Morgan fingerprint density at radius 1 is 1.04 bits per heavy atom. The van der Waals surface area contributed by atoms with E-state index in [4.69, 9.17) is 20.1 Å². The maximum absolute atomic E-state index is 11.5. The molecule has 0 aliphatic carbocycles. The number of aliphatic hydroxyl groups is 3. The molecule has 0 aromatic heterocycles. The van der Waals surface area contributed by atoms with Gasteiger partial charge in [0.05, 0.1) is 13.2 Å². The Morgan fingerprint density at radius 3 is 2.17 bits per heavy atom. The molecule has 0 aliphatic heterocycles. The Hall–Kier alpha value is -0.670. The number of carbonyl (C=O) groups is 2. The lowest BCUT2D eigenvalue weighted by Crippen LogP contribution is -2.25. The van der Waals surface area contributed by atoms with Crippen molar-refractivity contribution in [2.45, 2.75) is 38.2 Å². The number of unbranched alkanes of at least 4 members (excludes halogenated alkanes) is 1. The molecule has 0 unspecified atom stereocenters. The lowest BCUT2D eigenvalue weighted by molar-refractivity contribution is -0.153. The van der Waals surface area contributed by atoms with Crippen molar-refractivity contribution in [2.75, 3.05) is 46.7 Å². The average Bonchev–Trinajstić information content (AvgIpc) is 2.53. The van der Waals surface area contributed by atoms with Crippen molar-refractivity contribution in [2.24, 2.45) is 0 Å². The smallest absolute Gasteiger partial charge is 0.306 e. The summed E-state index contributed by atoms with van der Waals surface area (Å²) < 4.78 is 4.83. The molecule has 0 rings (SSSR count). The van der Waals surface area contributed by atoms with Gasteiger partial charge in [0.25, 0.3) is 0 Å². The summed E-state index contributed by atoms with van der Waals surface area (Å²) in [5.74, 6) is 0.280. The molecule has 0 fully saturated rings. The van der Waals surface area contributed by atoms with Gasteiger partial charge in [0.15, 0.2) is 5.12 Å². The Labute approximate surface area is 143 Å². The van der Waals surface area contributed by atoms with Gasteiger partial charge in [0.1, 0.15) is 6.10 Å². The molecule has 7 nitrogen and oxygen atoms in total. The molecule has 0 heterocycles. The van der Waals surface area contributed by atoms with Gasteiger partial charge >= 0.3 is 5.97 Å². The molecule has 23 heavy (non-hydrogen) atoms. The van der Waals surface area contributed by atoms with Gasteiger partial charge in [-0.05, 0) is 39.9 Å². The van der Waals surface area contributed by atoms with E-state index in [9.17, 15) is 9.59 Å². The van der Waals surface area contributed by atoms with Crippen molar-refractivity contribution in [1.29, 1.82) is 0 Å². The van der Waals surface area contributed by atoms with E-state index in [1.807, 2.05) is 14.1 Å². The number of carbonyl (C=O) groups excluding carboxylic acids is 2. The summed E-state index contributed by atoms with van der Waals surface area (Å²) >= 11 is 1.31. The van der Waals surface area contributed by atoms with Gasteiger partial charge in [0, 0.05) is 25.7 Å². The SMILES string of the molecule is CN(C)CCCC(=O)SCCCCC(=O)OC(CO)CO.CO. The van der Waals surface area contributed by atoms with Crippen LogP contribution in [0.4, 0.5) is 0 Å². The summed E-state index contributed by atoms with van der Waals surface area (Å²) in [6.45, 7) is 0.161. The fourth-order valence-electron chi connectivity index (χ4n) is 1.55. The molecular formula is C15H31NO6S. The van der Waals surface area contributed by atoms with Crippen LogP contribution >= 0.6 is 11.8 Å². The Bertz CT molecular complexity index is 298. The van der Waals surface area contributed by atoms with Gasteiger partial charge in [-0.15, -0.1) is 0 Å². The number of esters is 1. The monoisotopic (exact) mass is 353 g/mol. The van der Waals surface area contributed by atoms with Crippen LogP contribution in [0.25, 0.3) is 0 Å². The highest BCUT2D eigenvalue weighted by atomic mass is 32.2. The van der Waals surface area contributed by atoms with E-state index in [0.717, 1.165) is 26.5 Å². The number of hydrogen-bond acceptors (Lipinski definition) is 8. The number of aliphatic hydroxyl groups excluding tert-OH is 3. The lowest BCUT2D eigenvalue weighted by Gasteiger charge is -2.12. The van der Waals surface area contributed by atoms with Gasteiger partial charge < -0.3 is 25.0 Å². The first-order valence-electron chi connectivity index (χ1n) is 7.65. The second kappa shape index (κ2) is 17.7. The lowest BCUT2D eigenvalue weighted by atomic mass is 10.2. The molecule has 0 spiro atoms. The number of hydrogen-bond donors (Lipinski definition) is 3. The first kappa shape index (κ1) is 24.6. The van der Waals surface area contributed by atoms with Crippen molar-refractivity contribution >= 4 is 22.8 Å².